The molecule has 11 nitrogen and oxygen atoms in total. The summed E-state index contributed by atoms with van der Waals surface area (Å²) < 4.78 is 7.81. The van der Waals surface area contributed by atoms with Crippen LogP contribution in [0.5, 0.6) is 0 Å². The molecule has 0 radical (unpaired) electrons. The van der Waals surface area contributed by atoms with Crippen LogP contribution in [-0.2, 0) is 25.7 Å². The summed E-state index contributed by atoms with van der Waals surface area (Å²) in [4.78, 5) is 42.9. The smallest absolute Gasteiger partial charge is 0.290 e. The van der Waals surface area contributed by atoms with E-state index in [9.17, 15) is 4.79 Å². The number of aryl methyl sites for hydroxylation is 1. The lowest BCUT2D eigenvalue weighted by Gasteiger charge is -2.33. The van der Waals surface area contributed by atoms with Gasteiger partial charge in [0.25, 0.3) is 12.9 Å². The number of rotatable bonds is 3. The zero-order chi connectivity index (χ0) is 25.2. The number of aromatic nitrogens is 3. The third-order valence-corrected chi connectivity index (χ3v) is 5.83. The highest BCUT2D eigenvalue weighted by molar-refractivity contribution is 5.92. The molecule has 3 aromatic rings. The van der Waals surface area contributed by atoms with Crippen molar-refractivity contribution in [3.05, 3.63) is 54.7 Å². The van der Waals surface area contributed by atoms with Crippen molar-refractivity contribution in [1.29, 1.82) is 0 Å². The Balaban J connectivity index is 0.000000520. The summed E-state index contributed by atoms with van der Waals surface area (Å²) in [6.07, 6.45) is 5.23. The van der Waals surface area contributed by atoms with Crippen molar-refractivity contribution >= 4 is 35.4 Å². The van der Waals surface area contributed by atoms with Crippen LogP contribution in [0.15, 0.2) is 49.1 Å². The van der Waals surface area contributed by atoms with Crippen LogP contribution in [-0.4, -0.2) is 87.4 Å². The predicted molar refractivity (Wildman–Crippen MR) is 128 cm³/mol. The number of benzene rings is 1. The quantitative estimate of drug-likeness (QED) is 0.531. The number of pyridine rings is 1. The third-order valence-electron chi connectivity index (χ3n) is 5.83. The van der Waals surface area contributed by atoms with Crippen LogP contribution in [0.25, 0.3) is 10.9 Å². The molecule has 1 aromatic carbocycles. The Labute approximate surface area is 202 Å². The summed E-state index contributed by atoms with van der Waals surface area (Å²) in [6, 6.07) is 10.6. The fraction of sp³-hybridized carbons (Fsp3) is 0.375. The first kappa shape index (κ1) is 25.6. The predicted octanol–water partition coefficient (Wildman–Crippen LogP) is 1.51. The van der Waals surface area contributed by atoms with Gasteiger partial charge in [0, 0.05) is 54.7 Å². The average Bonchev–Trinajstić information content (AvgIpc) is 3.15. The molecule has 2 bridgehead atoms. The fourth-order valence-electron chi connectivity index (χ4n) is 4.50. The topological polar surface area (TPSA) is 138 Å². The van der Waals surface area contributed by atoms with Gasteiger partial charge >= 0.3 is 0 Å². The maximum Gasteiger partial charge on any atom is 0.290 e. The van der Waals surface area contributed by atoms with Gasteiger partial charge in [-0.2, -0.15) is 0 Å². The lowest BCUT2D eigenvalue weighted by atomic mass is 10.1. The lowest BCUT2D eigenvalue weighted by Crippen LogP contribution is -2.46. The number of ether oxygens (including phenoxy) is 1. The molecule has 2 saturated heterocycles. The number of carboxylic acid groups (broad SMARTS) is 2. The fourth-order valence-corrected chi connectivity index (χ4v) is 4.50. The minimum atomic E-state index is -0.250. The Morgan fingerprint density at radius 1 is 1.14 bits per heavy atom. The Morgan fingerprint density at radius 2 is 1.89 bits per heavy atom. The molecule has 1 amide bonds. The second-order valence-corrected chi connectivity index (χ2v) is 8.25. The normalized spacial score (nSPS) is 18.9. The third kappa shape index (κ3) is 6.54. The van der Waals surface area contributed by atoms with Crippen molar-refractivity contribution in [2.75, 3.05) is 37.7 Å². The van der Waals surface area contributed by atoms with E-state index in [0.29, 0.717) is 26.3 Å². The molecule has 0 spiro atoms. The maximum atomic E-state index is 13.0. The molecule has 11 heteroatoms. The maximum absolute atomic E-state index is 13.0. The van der Waals surface area contributed by atoms with E-state index in [1.54, 1.807) is 12.5 Å². The van der Waals surface area contributed by atoms with Crippen LogP contribution in [0, 0.1) is 12.8 Å². The first-order chi connectivity index (χ1) is 17.0. The molecule has 35 heavy (non-hydrogen) atoms. The number of imidazole rings is 1. The first-order valence-electron chi connectivity index (χ1n) is 11.1. The summed E-state index contributed by atoms with van der Waals surface area (Å²) in [5.41, 5.74) is 3.21. The zero-order valence-electron chi connectivity index (χ0n) is 19.4. The molecule has 5 rings (SSSR count). The highest BCUT2D eigenvalue weighted by Crippen LogP contribution is 2.32. The highest BCUT2D eigenvalue weighted by Gasteiger charge is 2.35. The van der Waals surface area contributed by atoms with E-state index >= 15 is 0 Å². The number of nitrogens with zero attached hydrogens (tertiary/aromatic N) is 5. The molecule has 0 unspecified atom stereocenters. The van der Waals surface area contributed by atoms with Crippen molar-refractivity contribution in [3.8, 4) is 0 Å². The van der Waals surface area contributed by atoms with Gasteiger partial charge < -0.3 is 29.3 Å². The molecule has 2 aliphatic rings. The molecule has 2 aliphatic heterocycles. The molecule has 0 saturated carbocycles. The van der Waals surface area contributed by atoms with Gasteiger partial charge in [-0.3, -0.25) is 19.4 Å². The van der Waals surface area contributed by atoms with E-state index in [2.05, 4.69) is 34.1 Å². The molecule has 4 heterocycles. The van der Waals surface area contributed by atoms with Gasteiger partial charge in [0.1, 0.15) is 6.54 Å². The van der Waals surface area contributed by atoms with Gasteiger partial charge in [-0.15, -0.1) is 0 Å². The van der Waals surface area contributed by atoms with E-state index in [-0.39, 0.29) is 30.8 Å². The number of hydrogen-bond acceptors (Lipinski definition) is 7. The molecule has 2 atom stereocenters. The van der Waals surface area contributed by atoms with Gasteiger partial charge in [0.15, 0.2) is 0 Å². The minimum Gasteiger partial charge on any atom is -0.483 e. The van der Waals surface area contributed by atoms with Crippen LogP contribution in [0.4, 0.5) is 5.69 Å². The molecular formula is C24H29N5O6. The number of fused-ring (bicyclic) bond motifs is 4. The van der Waals surface area contributed by atoms with Gasteiger partial charge in [-0.05, 0) is 19.1 Å². The number of amides is 1. The van der Waals surface area contributed by atoms with Crippen LogP contribution < -0.4 is 4.90 Å². The zero-order valence-corrected chi connectivity index (χ0v) is 19.4. The van der Waals surface area contributed by atoms with Crippen LogP contribution in [0.2, 0.25) is 0 Å². The van der Waals surface area contributed by atoms with E-state index in [1.165, 1.54) is 5.69 Å². The standard InChI is InChI=1S/C22H25N5O2.2CH2O2/c1-16-8-21(19-4-2-3-5-20(19)24-16)27-10-17-9-26(11-18(27)14-29-13-17)22(28)12-25-7-6-23-15-25;2*2-1-3/h2-8,15,17-18H,9-14H2,1H3;2*1H,(H,2,3)/t17-,18-;;/m0../s1. The van der Waals surface area contributed by atoms with E-state index in [1.807, 2.05) is 28.7 Å². The van der Waals surface area contributed by atoms with Gasteiger partial charge in [0.2, 0.25) is 5.91 Å². The second-order valence-electron chi connectivity index (χ2n) is 8.25. The number of hydrogen-bond donors (Lipinski definition) is 2. The first-order valence-corrected chi connectivity index (χ1v) is 11.1. The lowest BCUT2D eigenvalue weighted by molar-refractivity contribution is -0.133. The summed E-state index contributed by atoms with van der Waals surface area (Å²) >= 11 is 0. The minimum absolute atomic E-state index is 0.124. The molecule has 2 fully saturated rings. The number of anilines is 1. The van der Waals surface area contributed by atoms with E-state index < -0.39 is 0 Å². The Hall–Kier alpha value is -3.99. The molecule has 2 aromatic heterocycles. The Morgan fingerprint density at radius 3 is 2.60 bits per heavy atom. The van der Waals surface area contributed by atoms with Crippen LogP contribution in [0.3, 0.4) is 0 Å². The number of para-hydroxylation sites is 1. The Kier molecular flexibility index (Phi) is 9.13. The monoisotopic (exact) mass is 483 g/mol. The van der Waals surface area contributed by atoms with Crippen LogP contribution in [0.1, 0.15) is 5.69 Å². The molecule has 0 aliphatic carbocycles. The summed E-state index contributed by atoms with van der Waals surface area (Å²) in [7, 11) is 0. The van der Waals surface area contributed by atoms with Gasteiger partial charge in [-0.25, -0.2) is 4.98 Å². The van der Waals surface area contributed by atoms with E-state index in [0.717, 1.165) is 29.7 Å². The number of carbonyl (C=O) groups excluding carboxylic acids is 1. The SMILES string of the molecule is Cc1cc(N2C[C@H]3COC[C@@H]2CN(C(=O)Cn2ccnc2)C3)c2ccccc2n1.O=CO.O=CO. The average molecular weight is 484 g/mol. The number of carbonyl (C=O) groups is 3. The Bertz CT molecular complexity index is 1120. The summed E-state index contributed by atoms with van der Waals surface area (Å²) in [6.45, 7) is 5.45. The van der Waals surface area contributed by atoms with Crippen LogP contribution >= 0.6 is 0 Å². The second kappa shape index (κ2) is 12.5. The molecule has 186 valence electrons. The van der Waals surface area contributed by atoms with Crippen molar-refractivity contribution in [1.82, 2.24) is 19.4 Å². The largest absolute Gasteiger partial charge is 0.483 e. The summed E-state index contributed by atoms with van der Waals surface area (Å²) in [5.74, 6) is 0.416. The molecular weight excluding hydrogens is 454 g/mol. The molecule has 2 N–H and O–H groups in total. The van der Waals surface area contributed by atoms with Gasteiger partial charge in [0.05, 0.1) is 31.1 Å². The van der Waals surface area contributed by atoms with Crippen molar-refractivity contribution in [2.45, 2.75) is 19.5 Å². The highest BCUT2D eigenvalue weighted by atomic mass is 16.5. The summed E-state index contributed by atoms with van der Waals surface area (Å²) in [5, 5.41) is 14.9. The van der Waals surface area contributed by atoms with Crippen molar-refractivity contribution < 1.29 is 29.3 Å². The van der Waals surface area contributed by atoms with Crippen molar-refractivity contribution in [3.63, 3.8) is 0 Å². The van der Waals surface area contributed by atoms with Crippen molar-refractivity contribution in [2.24, 2.45) is 5.92 Å². The van der Waals surface area contributed by atoms with E-state index in [4.69, 9.17) is 29.5 Å². The van der Waals surface area contributed by atoms with Gasteiger partial charge in [-0.1, -0.05) is 18.2 Å².